The molecule has 1 N–H and O–H groups in total. The normalized spacial score (nSPS) is 14.2. The van der Waals surface area contributed by atoms with Crippen molar-refractivity contribution >= 4 is 5.91 Å². The largest absolute Gasteiger partial charge is 0.481 e. The summed E-state index contributed by atoms with van der Waals surface area (Å²) in [5.41, 5.74) is 6.61. The van der Waals surface area contributed by atoms with Gasteiger partial charge in [0.25, 0.3) is 5.91 Å². The van der Waals surface area contributed by atoms with Crippen LogP contribution in [0.2, 0.25) is 0 Å². The Morgan fingerprint density at radius 1 is 0.964 bits per heavy atom. The molecule has 1 aliphatic rings. The van der Waals surface area contributed by atoms with Gasteiger partial charge in [0.05, 0.1) is 0 Å². The molecule has 0 radical (unpaired) electrons. The lowest BCUT2D eigenvalue weighted by atomic mass is 9.92. The average molecular weight is 380 g/mol. The Labute approximate surface area is 169 Å². The van der Waals surface area contributed by atoms with Crippen molar-refractivity contribution in [1.82, 2.24) is 5.32 Å². The molecule has 0 aliphatic heterocycles. The van der Waals surface area contributed by atoms with Gasteiger partial charge in [0.2, 0.25) is 0 Å². The van der Waals surface area contributed by atoms with E-state index in [0.29, 0.717) is 13.0 Å². The molecule has 0 spiro atoms. The minimum absolute atomic E-state index is 0.0378. The summed E-state index contributed by atoms with van der Waals surface area (Å²) in [4.78, 5) is 12.8. The smallest absolute Gasteiger partial charge is 0.261 e. The number of carbonyl (C=O) groups excluding carboxylic acids is 1. The van der Waals surface area contributed by atoms with E-state index in [2.05, 4.69) is 49.5 Å². The van der Waals surface area contributed by atoms with E-state index in [0.717, 1.165) is 31.4 Å². The van der Waals surface area contributed by atoms with Crippen molar-refractivity contribution in [3.8, 4) is 5.75 Å². The predicted molar refractivity (Wildman–Crippen MR) is 115 cm³/mol. The molecule has 0 bridgehead atoms. The maximum atomic E-state index is 12.8. The standard InChI is InChI=1S/C25H33NO2/c1-4-18-11-12-19(5-2)22(15-18)17-26-25(27)24(6-3)28-23-14-13-20-9-7-8-10-21(20)16-23/h11-16,24H,4-10,17H2,1-3H3,(H,26,27)/t24-/m0/s1. The van der Waals surface area contributed by atoms with Gasteiger partial charge in [-0.15, -0.1) is 0 Å². The third-order valence-electron chi connectivity index (χ3n) is 5.77. The summed E-state index contributed by atoms with van der Waals surface area (Å²) < 4.78 is 6.07. The first-order valence-electron chi connectivity index (χ1n) is 10.8. The lowest BCUT2D eigenvalue weighted by Gasteiger charge is -2.21. The number of nitrogens with one attached hydrogen (secondary N) is 1. The van der Waals surface area contributed by atoms with Crippen LogP contribution in [0.3, 0.4) is 0 Å². The lowest BCUT2D eigenvalue weighted by Crippen LogP contribution is -2.37. The Hall–Kier alpha value is -2.29. The molecule has 0 unspecified atom stereocenters. The van der Waals surface area contributed by atoms with Crippen LogP contribution in [0.15, 0.2) is 36.4 Å². The van der Waals surface area contributed by atoms with E-state index >= 15 is 0 Å². The first kappa shape index (κ1) is 20.4. The second kappa shape index (κ2) is 9.77. The van der Waals surface area contributed by atoms with Crippen molar-refractivity contribution in [2.24, 2.45) is 0 Å². The van der Waals surface area contributed by atoms with Crippen molar-refractivity contribution in [1.29, 1.82) is 0 Å². The van der Waals surface area contributed by atoms with E-state index in [1.54, 1.807) is 0 Å². The fourth-order valence-electron chi connectivity index (χ4n) is 3.97. The Kier molecular flexibility index (Phi) is 7.13. The lowest BCUT2D eigenvalue weighted by molar-refractivity contribution is -0.128. The number of benzene rings is 2. The summed E-state index contributed by atoms with van der Waals surface area (Å²) >= 11 is 0. The highest BCUT2D eigenvalue weighted by Crippen LogP contribution is 2.26. The Bertz CT molecular complexity index is 812. The maximum absolute atomic E-state index is 12.8. The zero-order chi connectivity index (χ0) is 19.9. The molecule has 0 saturated carbocycles. The van der Waals surface area contributed by atoms with E-state index in [4.69, 9.17) is 4.74 Å². The highest BCUT2D eigenvalue weighted by atomic mass is 16.5. The van der Waals surface area contributed by atoms with Gasteiger partial charge < -0.3 is 10.1 Å². The van der Waals surface area contributed by atoms with Crippen LogP contribution >= 0.6 is 0 Å². The molecule has 3 rings (SSSR count). The summed E-state index contributed by atoms with van der Waals surface area (Å²) in [7, 11) is 0. The van der Waals surface area contributed by atoms with Crippen LogP contribution in [0.1, 0.15) is 67.9 Å². The van der Waals surface area contributed by atoms with Crippen LogP contribution in [0, 0.1) is 0 Å². The third-order valence-corrected chi connectivity index (χ3v) is 5.77. The fraction of sp³-hybridized carbons (Fsp3) is 0.480. The van der Waals surface area contributed by atoms with Gasteiger partial charge in [-0.3, -0.25) is 4.79 Å². The summed E-state index contributed by atoms with van der Waals surface area (Å²) in [6.45, 7) is 6.86. The summed E-state index contributed by atoms with van der Waals surface area (Å²) in [5, 5.41) is 3.09. The van der Waals surface area contributed by atoms with Gasteiger partial charge in [-0.2, -0.15) is 0 Å². The first-order chi connectivity index (χ1) is 13.6. The second-order valence-corrected chi connectivity index (χ2v) is 7.68. The van der Waals surface area contributed by atoms with Crippen molar-refractivity contribution in [2.75, 3.05) is 0 Å². The number of ether oxygens (including phenoxy) is 1. The van der Waals surface area contributed by atoms with Crippen molar-refractivity contribution < 1.29 is 9.53 Å². The quantitative estimate of drug-likeness (QED) is 0.688. The summed E-state index contributed by atoms with van der Waals surface area (Å²) in [5.74, 6) is 0.772. The molecule has 1 aliphatic carbocycles. The number of rotatable bonds is 8. The topological polar surface area (TPSA) is 38.3 Å². The van der Waals surface area contributed by atoms with Crippen molar-refractivity contribution in [2.45, 2.75) is 78.4 Å². The van der Waals surface area contributed by atoms with Crippen LogP contribution in [0.25, 0.3) is 0 Å². The van der Waals surface area contributed by atoms with Crippen LogP contribution < -0.4 is 10.1 Å². The molecule has 0 heterocycles. The van der Waals surface area contributed by atoms with E-state index < -0.39 is 6.10 Å². The number of aryl methyl sites for hydroxylation is 4. The van der Waals surface area contributed by atoms with E-state index in [9.17, 15) is 4.79 Å². The van der Waals surface area contributed by atoms with Crippen molar-refractivity contribution in [3.63, 3.8) is 0 Å². The number of hydrogen-bond acceptors (Lipinski definition) is 2. The van der Waals surface area contributed by atoms with Gasteiger partial charge in [-0.25, -0.2) is 0 Å². The minimum Gasteiger partial charge on any atom is -0.481 e. The average Bonchev–Trinajstić information content (AvgIpc) is 2.75. The van der Waals surface area contributed by atoms with Gasteiger partial charge >= 0.3 is 0 Å². The monoisotopic (exact) mass is 379 g/mol. The number of hydrogen-bond donors (Lipinski definition) is 1. The molecule has 1 amide bonds. The van der Waals surface area contributed by atoms with Gasteiger partial charge in [-0.05, 0) is 84.9 Å². The molecule has 28 heavy (non-hydrogen) atoms. The van der Waals surface area contributed by atoms with Gasteiger partial charge in [0.15, 0.2) is 6.10 Å². The fourth-order valence-corrected chi connectivity index (χ4v) is 3.97. The van der Waals surface area contributed by atoms with Crippen LogP contribution in [0.4, 0.5) is 0 Å². The molecular weight excluding hydrogens is 346 g/mol. The van der Waals surface area contributed by atoms with Gasteiger partial charge in [0.1, 0.15) is 5.75 Å². The molecule has 3 heteroatoms. The number of carbonyl (C=O) groups is 1. The second-order valence-electron chi connectivity index (χ2n) is 7.68. The zero-order valence-electron chi connectivity index (χ0n) is 17.5. The van der Waals surface area contributed by atoms with Crippen LogP contribution in [-0.4, -0.2) is 12.0 Å². The van der Waals surface area contributed by atoms with E-state index in [1.807, 2.05) is 13.0 Å². The third kappa shape index (κ3) is 4.95. The molecule has 0 fully saturated rings. The van der Waals surface area contributed by atoms with Crippen molar-refractivity contribution in [3.05, 3.63) is 64.2 Å². The predicted octanol–water partition coefficient (Wildman–Crippen LogP) is 5.16. The highest BCUT2D eigenvalue weighted by molar-refractivity contribution is 5.81. The van der Waals surface area contributed by atoms with Gasteiger partial charge in [-0.1, -0.05) is 45.0 Å². The molecule has 1 atom stereocenters. The maximum Gasteiger partial charge on any atom is 0.261 e. The number of fused-ring (bicyclic) bond motifs is 1. The first-order valence-corrected chi connectivity index (χ1v) is 10.8. The molecule has 2 aromatic rings. The molecule has 150 valence electrons. The Balaban J connectivity index is 1.64. The SMILES string of the molecule is CCc1ccc(CC)c(CNC(=O)[C@H](CC)Oc2ccc3c(c2)CCCC3)c1. The van der Waals surface area contributed by atoms with Crippen LogP contribution in [0.5, 0.6) is 5.75 Å². The van der Waals surface area contributed by atoms with E-state index in [1.165, 1.54) is 40.7 Å². The molecule has 3 nitrogen and oxygen atoms in total. The minimum atomic E-state index is -0.457. The summed E-state index contributed by atoms with van der Waals surface area (Å²) in [6.07, 6.45) is 6.95. The summed E-state index contributed by atoms with van der Waals surface area (Å²) in [6, 6.07) is 12.9. The molecule has 0 saturated heterocycles. The zero-order valence-corrected chi connectivity index (χ0v) is 17.5. The molecule has 0 aromatic heterocycles. The highest BCUT2D eigenvalue weighted by Gasteiger charge is 2.19. The van der Waals surface area contributed by atoms with E-state index in [-0.39, 0.29) is 5.91 Å². The number of amides is 1. The molecular formula is C25H33NO2. The van der Waals surface area contributed by atoms with Gasteiger partial charge in [0, 0.05) is 6.54 Å². The van der Waals surface area contributed by atoms with Crippen LogP contribution in [-0.2, 0) is 37.0 Å². The Morgan fingerprint density at radius 2 is 1.75 bits per heavy atom. The molecule has 2 aromatic carbocycles. The Morgan fingerprint density at radius 3 is 2.46 bits per heavy atom.